The van der Waals surface area contributed by atoms with E-state index in [9.17, 15) is 4.79 Å². The lowest BCUT2D eigenvalue weighted by molar-refractivity contribution is -0.142. The largest absolute Gasteiger partial charge is 0.460 e. The van der Waals surface area contributed by atoms with E-state index in [0.29, 0.717) is 0 Å². The number of allylic oxidation sites excluding steroid dienone is 1. The number of carbonyl (C=O) groups is 1. The molecule has 0 bridgehead atoms. The van der Waals surface area contributed by atoms with E-state index in [1.54, 1.807) is 0 Å². The van der Waals surface area contributed by atoms with Gasteiger partial charge in [-0.3, -0.25) is 0 Å². The number of rotatable bonds is 8. The Balaban J connectivity index is 3.65. The second-order valence-corrected chi connectivity index (χ2v) is 4.54. The molecule has 0 aromatic carbocycles. The summed E-state index contributed by atoms with van der Waals surface area (Å²) in [5.41, 5.74) is 0.740. The van der Waals surface area contributed by atoms with Crippen LogP contribution < -0.4 is 0 Å². The first kappa shape index (κ1) is 15.2. The van der Waals surface area contributed by atoms with Gasteiger partial charge in [-0.1, -0.05) is 38.7 Å². The molecule has 0 aromatic rings. The summed E-state index contributed by atoms with van der Waals surface area (Å²) in [5.74, 6) is -0.177. The molecule has 0 unspecified atom stereocenters. The van der Waals surface area contributed by atoms with Gasteiger partial charge in [0.2, 0.25) is 0 Å². The van der Waals surface area contributed by atoms with Crippen molar-refractivity contribution in [2.75, 3.05) is 0 Å². The van der Waals surface area contributed by atoms with Crippen molar-refractivity contribution >= 4 is 5.97 Å². The summed E-state index contributed by atoms with van der Waals surface area (Å²) in [6.07, 6.45) is 9.29. The minimum atomic E-state index is -0.177. The Bertz CT molecular complexity index is 217. The molecular formula is C14H26O2. The summed E-state index contributed by atoms with van der Waals surface area (Å²) in [4.78, 5) is 11.4. The Labute approximate surface area is 100 Å². The van der Waals surface area contributed by atoms with E-state index < -0.39 is 0 Å². The number of carbonyl (C=O) groups excluding carboxylic acids is 1. The van der Waals surface area contributed by atoms with Crippen LogP contribution >= 0.6 is 0 Å². The molecule has 94 valence electrons. The number of unbranched alkanes of at least 4 members (excludes halogenated alkanes) is 5. The number of ether oxygens (including phenoxy) is 1. The number of esters is 1. The van der Waals surface area contributed by atoms with Gasteiger partial charge in [-0.15, -0.1) is 0 Å². The minimum absolute atomic E-state index is 0.0274. The van der Waals surface area contributed by atoms with Gasteiger partial charge in [0, 0.05) is 5.57 Å². The molecule has 2 nitrogen and oxygen atoms in total. The van der Waals surface area contributed by atoms with E-state index in [-0.39, 0.29) is 12.1 Å². The summed E-state index contributed by atoms with van der Waals surface area (Å²) < 4.78 is 5.10. The summed E-state index contributed by atoms with van der Waals surface area (Å²) in [6, 6.07) is 0. The Morgan fingerprint density at radius 2 is 1.81 bits per heavy atom. The summed E-state index contributed by atoms with van der Waals surface area (Å²) >= 11 is 0. The summed E-state index contributed by atoms with van der Waals surface area (Å²) in [5, 5.41) is 0. The molecule has 2 heteroatoms. The lowest BCUT2D eigenvalue weighted by Crippen LogP contribution is -2.12. The molecule has 0 radical (unpaired) electrons. The fraction of sp³-hybridized carbons (Fsp3) is 0.786. The van der Waals surface area contributed by atoms with Gasteiger partial charge in [0.25, 0.3) is 0 Å². The van der Waals surface area contributed by atoms with Crippen LogP contribution in [0.15, 0.2) is 11.6 Å². The first-order valence-corrected chi connectivity index (χ1v) is 6.45. The van der Waals surface area contributed by atoms with Crippen molar-refractivity contribution < 1.29 is 9.53 Å². The van der Waals surface area contributed by atoms with E-state index in [1.807, 2.05) is 26.8 Å². The molecule has 0 heterocycles. The van der Waals surface area contributed by atoms with Gasteiger partial charge >= 0.3 is 5.97 Å². The highest BCUT2D eigenvalue weighted by molar-refractivity contribution is 5.87. The average molecular weight is 226 g/mol. The highest BCUT2D eigenvalue weighted by atomic mass is 16.5. The Hall–Kier alpha value is -0.790. The van der Waals surface area contributed by atoms with E-state index >= 15 is 0 Å². The molecule has 0 fully saturated rings. The first-order valence-electron chi connectivity index (χ1n) is 6.45. The second kappa shape index (κ2) is 9.44. The topological polar surface area (TPSA) is 26.3 Å². The molecule has 0 aliphatic carbocycles. The molecule has 0 aliphatic heterocycles. The average Bonchev–Trinajstić information content (AvgIpc) is 2.21. The normalized spacial score (nSPS) is 11.9. The van der Waals surface area contributed by atoms with Crippen LogP contribution in [0.2, 0.25) is 0 Å². The highest BCUT2D eigenvalue weighted by Gasteiger charge is 2.06. The second-order valence-electron chi connectivity index (χ2n) is 4.54. The molecular weight excluding hydrogens is 200 g/mol. The van der Waals surface area contributed by atoms with Gasteiger partial charge < -0.3 is 4.74 Å². The van der Waals surface area contributed by atoms with Crippen LogP contribution in [0, 0.1) is 0 Å². The maximum absolute atomic E-state index is 11.4. The quantitative estimate of drug-likeness (QED) is 0.351. The van der Waals surface area contributed by atoms with Gasteiger partial charge in [0.15, 0.2) is 0 Å². The molecule has 0 saturated heterocycles. The standard InChI is InChI=1S/C14H26O2/c1-5-6-7-8-9-10-11-13(4)14(15)16-12(2)3/h11-12H,5-10H2,1-4H3/b13-11+. The van der Waals surface area contributed by atoms with Crippen LogP contribution in [0.4, 0.5) is 0 Å². The van der Waals surface area contributed by atoms with Gasteiger partial charge in [-0.25, -0.2) is 4.79 Å². The van der Waals surface area contributed by atoms with E-state index in [1.165, 1.54) is 32.1 Å². The highest BCUT2D eigenvalue weighted by Crippen LogP contribution is 2.08. The monoisotopic (exact) mass is 226 g/mol. The fourth-order valence-corrected chi connectivity index (χ4v) is 1.46. The zero-order valence-corrected chi connectivity index (χ0v) is 11.2. The van der Waals surface area contributed by atoms with Crippen LogP contribution in [-0.2, 0) is 9.53 Å². The van der Waals surface area contributed by atoms with Crippen molar-refractivity contribution in [3.63, 3.8) is 0 Å². The Morgan fingerprint density at radius 3 is 2.38 bits per heavy atom. The Morgan fingerprint density at radius 1 is 1.19 bits per heavy atom. The fourth-order valence-electron chi connectivity index (χ4n) is 1.46. The third kappa shape index (κ3) is 8.51. The molecule has 0 rings (SSSR count). The third-order valence-corrected chi connectivity index (χ3v) is 2.42. The SMILES string of the molecule is CCCCCCC/C=C(\C)C(=O)OC(C)C. The lowest BCUT2D eigenvalue weighted by atomic mass is 10.1. The zero-order valence-electron chi connectivity index (χ0n) is 11.2. The Kier molecular flexibility index (Phi) is 8.97. The van der Waals surface area contributed by atoms with Gasteiger partial charge in [-0.05, 0) is 33.6 Å². The maximum Gasteiger partial charge on any atom is 0.333 e. The van der Waals surface area contributed by atoms with Crippen LogP contribution in [0.3, 0.4) is 0 Å². The first-order chi connectivity index (χ1) is 7.57. The van der Waals surface area contributed by atoms with E-state index in [4.69, 9.17) is 4.74 Å². The summed E-state index contributed by atoms with van der Waals surface area (Å²) in [7, 11) is 0. The van der Waals surface area contributed by atoms with Gasteiger partial charge in [0.1, 0.15) is 0 Å². The molecule has 0 amide bonds. The van der Waals surface area contributed by atoms with Crippen LogP contribution in [0.1, 0.15) is 66.2 Å². The van der Waals surface area contributed by atoms with Crippen molar-refractivity contribution in [2.24, 2.45) is 0 Å². The van der Waals surface area contributed by atoms with Crippen LogP contribution in [0.5, 0.6) is 0 Å². The number of hydrogen-bond donors (Lipinski definition) is 0. The molecule has 0 spiro atoms. The molecule has 0 aromatic heterocycles. The summed E-state index contributed by atoms with van der Waals surface area (Å²) in [6.45, 7) is 7.79. The lowest BCUT2D eigenvalue weighted by Gasteiger charge is -2.07. The van der Waals surface area contributed by atoms with Crippen molar-refractivity contribution in [3.05, 3.63) is 11.6 Å². The molecule has 0 N–H and O–H groups in total. The predicted molar refractivity (Wildman–Crippen MR) is 68.4 cm³/mol. The number of hydrogen-bond acceptors (Lipinski definition) is 2. The molecule has 16 heavy (non-hydrogen) atoms. The smallest absolute Gasteiger partial charge is 0.333 e. The van der Waals surface area contributed by atoms with Crippen molar-refractivity contribution in [1.82, 2.24) is 0 Å². The van der Waals surface area contributed by atoms with Crippen molar-refractivity contribution in [2.45, 2.75) is 72.3 Å². The van der Waals surface area contributed by atoms with Gasteiger partial charge in [-0.2, -0.15) is 0 Å². The zero-order chi connectivity index (χ0) is 12.4. The molecule has 0 saturated carbocycles. The van der Waals surface area contributed by atoms with E-state index in [2.05, 4.69) is 6.92 Å². The molecule has 0 aliphatic rings. The van der Waals surface area contributed by atoms with Crippen molar-refractivity contribution in [1.29, 1.82) is 0 Å². The van der Waals surface area contributed by atoms with Crippen molar-refractivity contribution in [3.8, 4) is 0 Å². The molecule has 0 atom stereocenters. The third-order valence-electron chi connectivity index (χ3n) is 2.42. The van der Waals surface area contributed by atoms with Crippen LogP contribution in [-0.4, -0.2) is 12.1 Å². The predicted octanol–water partition coefficient (Wildman–Crippen LogP) is 4.24. The van der Waals surface area contributed by atoms with Gasteiger partial charge in [0.05, 0.1) is 6.10 Å². The van der Waals surface area contributed by atoms with Crippen LogP contribution in [0.25, 0.3) is 0 Å². The maximum atomic E-state index is 11.4. The minimum Gasteiger partial charge on any atom is -0.460 e. The van der Waals surface area contributed by atoms with E-state index in [0.717, 1.165) is 12.0 Å².